The van der Waals surface area contributed by atoms with E-state index >= 15 is 0 Å². The molecule has 1 aliphatic heterocycles. The van der Waals surface area contributed by atoms with Crippen molar-refractivity contribution in [1.82, 2.24) is 0 Å². The second-order valence-corrected chi connectivity index (χ2v) is 6.99. The zero-order valence-corrected chi connectivity index (χ0v) is 12.2. The van der Waals surface area contributed by atoms with Gasteiger partial charge in [0.2, 0.25) is 5.91 Å². The summed E-state index contributed by atoms with van der Waals surface area (Å²) in [5.74, 6) is -0.780. The van der Waals surface area contributed by atoms with E-state index in [0.717, 1.165) is 18.2 Å². The largest absolute Gasteiger partial charge is 0.381 e. The van der Waals surface area contributed by atoms with E-state index in [1.54, 1.807) is 0 Å². The van der Waals surface area contributed by atoms with E-state index in [0.29, 0.717) is 13.0 Å². The standard InChI is InChI=1S/C11H11ClN2O6S/c12-21(18,19)8-1-2-9(10(5-8)14(16)17)13-11(15)7-3-4-20-6-7/h1-2,5,7H,3-4,6H2,(H,13,15). The van der Waals surface area contributed by atoms with Crippen LogP contribution >= 0.6 is 10.7 Å². The van der Waals surface area contributed by atoms with Crippen molar-refractivity contribution in [2.24, 2.45) is 5.92 Å². The van der Waals surface area contributed by atoms with Crippen LogP contribution in [0.2, 0.25) is 0 Å². The molecule has 0 bridgehead atoms. The first-order valence-corrected chi connectivity index (χ1v) is 8.21. The molecule has 1 aromatic carbocycles. The molecule has 10 heteroatoms. The summed E-state index contributed by atoms with van der Waals surface area (Å²) >= 11 is 0. The highest BCUT2D eigenvalue weighted by Gasteiger charge is 2.26. The van der Waals surface area contributed by atoms with Crippen molar-refractivity contribution in [3.8, 4) is 0 Å². The predicted molar refractivity (Wildman–Crippen MR) is 73.7 cm³/mol. The lowest BCUT2D eigenvalue weighted by Gasteiger charge is -2.10. The summed E-state index contributed by atoms with van der Waals surface area (Å²) in [5, 5.41) is 13.4. The van der Waals surface area contributed by atoms with Crippen molar-refractivity contribution >= 4 is 37.0 Å². The number of nitro benzene ring substituents is 1. The van der Waals surface area contributed by atoms with Crippen LogP contribution in [0.5, 0.6) is 0 Å². The van der Waals surface area contributed by atoms with Crippen molar-refractivity contribution < 1.29 is 22.9 Å². The van der Waals surface area contributed by atoms with Crippen molar-refractivity contribution in [2.75, 3.05) is 18.5 Å². The number of nitrogens with zero attached hydrogens (tertiary/aromatic N) is 1. The molecular weight excluding hydrogens is 324 g/mol. The van der Waals surface area contributed by atoms with Gasteiger partial charge in [0.15, 0.2) is 0 Å². The highest BCUT2D eigenvalue weighted by molar-refractivity contribution is 8.13. The van der Waals surface area contributed by atoms with Crippen molar-refractivity contribution in [3.05, 3.63) is 28.3 Å². The van der Waals surface area contributed by atoms with Crippen LogP contribution in [-0.4, -0.2) is 32.5 Å². The highest BCUT2D eigenvalue weighted by atomic mass is 35.7. The number of nitro groups is 1. The summed E-state index contributed by atoms with van der Waals surface area (Å²) in [6.45, 7) is 0.720. The van der Waals surface area contributed by atoms with Crippen LogP contribution in [0, 0.1) is 16.0 Å². The number of ether oxygens (including phenoxy) is 1. The summed E-state index contributed by atoms with van der Waals surface area (Å²) in [5.41, 5.74) is -0.620. The molecule has 1 unspecified atom stereocenters. The zero-order valence-electron chi connectivity index (χ0n) is 10.6. The molecule has 114 valence electrons. The van der Waals surface area contributed by atoms with E-state index in [1.807, 2.05) is 0 Å². The molecule has 1 aromatic rings. The third-order valence-electron chi connectivity index (χ3n) is 3.01. The van der Waals surface area contributed by atoms with Crippen LogP contribution in [0.25, 0.3) is 0 Å². The minimum atomic E-state index is -4.08. The van der Waals surface area contributed by atoms with Crippen LogP contribution in [0.1, 0.15) is 6.42 Å². The topological polar surface area (TPSA) is 116 Å². The lowest BCUT2D eigenvalue weighted by atomic mass is 10.1. The van der Waals surface area contributed by atoms with Crippen LogP contribution in [-0.2, 0) is 18.6 Å². The molecule has 0 aromatic heterocycles. The van der Waals surface area contributed by atoms with Gasteiger partial charge < -0.3 is 10.1 Å². The van der Waals surface area contributed by atoms with E-state index in [4.69, 9.17) is 15.4 Å². The SMILES string of the molecule is O=C(Nc1ccc(S(=O)(=O)Cl)cc1[N+](=O)[O-])C1CCOC1. The molecule has 1 heterocycles. The van der Waals surface area contributed by atoms with Crippen molar-refractivity contribution in [3.63, 3.8) is 0 Å². The molecule has 2 rings (SSSR count). The summed E-state index contributed by atoms with van der Waals surface area (Å²) in [7, 11) is 1.06. The predicted octanol–water partition coefficient (Wildman–Crippen LogP) is 1.50. The monoisotopic (exact) mass is 334 g/mol. The van der Waals surface area contributed by atoms with Gasteiger partial charge >= 0.3 is 0 Å². The minimum absolute atomic E-state index is 0.0824. The fraction of sp³-hybridized carbons (Fsp3) is 0.364. The van der Waals surface area contributed by atoms with Gasteiger partial charge in [-0.1, -0.05) is 0 Å². The van der Waals surface area contributed by atoms with Crippen molar-refractivity contribution in [2.45, 2.75) is 11.3 Å². The normalized spacial score (nSPS) is 18.4. The Bertz CT molecular complexity index is 684. The first-order valence-electron chi connectivity index (χ1n) is 5.91. The molecule has 0 radical (unpaired) electrons. The van der Waals surface area contributed by atoms with E-state index < -0.39 is 30.5 Å². The fourth-order valence-electron chi connectivity index (χ4n) is 1.90. The number of amides is 1. The average molecular weight is 335 g/mol. The third kappa shape index (κ3) is 3.69. The van der Waals surface area contributed by atoms with Crippen LogP contribution in [0.4, 0.5) is 11.4 Å². The quantitative estimate of drug-likeness (QED) is 0.506. The molecule has 1 N–H and O–H groups in total. The second kappa shape index (κ2) is 5.96. The Balaban J connectivity index is 2.30. The minimum Gasteiger partial charge on any atom is -0.381 e. The summed E-state index contributed by atoms with van der Waals surface area (Å²) in [6.07, 6.45) is 0.535. The lowest BCUT2D eigenvalue weighted by molar-refractivity contribution is -0.384. The van der Waals surface area contributed by atoms with Gasteiger partial charge in [0.1, 0.15) is 5.69 Å². The van der Waals surface area contributed by atoms with Crippen LogP contribution in [0.15, 0.2) is 23.1 Å². The van der Waals surface area contributed by atoms with E-state index in [9.17, 15) is 23.3 Å². The summed E-state index contributed by atoms with van der Waals surface area (Å²) < 4.78 is 27.4. The molecule has 0 aliphatic carbocycles. The molecule has 1 saturated heterocycles. The smallest absolute Gasteiger partial charge is 0.294 e. The Morgan fingerprint density at radius 2 is 2.19 bits per heavy atom. The van der Waals surface area contributed by atoms with Gasteiger partial charge in [-0.05, 0) is 18.6 Å². The average Bonchev–Trinajstić information content (AvgIpc) is 2.91. The van der Waals surface area contributed by atoms with Crippen LogP contribution in [0.3, 0.4) is 0 Å². The van der Waals surface area contributed by atoms with Gasteiger partial charge in [-0.15, -0.1) is 0 Å². The summed E-state index contributed by atoms with van der Waals surface area (Å²) in [4.78, 5) is 21.7. The van der Waals surface area contributed by atoms with Gasteiger partial charge in [0.05, 0.1) is 22.3 Å². The first kappa shape index (κ1) is 15.7. The maximum absolute atomic E-state index is 11.9. The molecule has 1 amide bonds. The number of anilines is 1. The number of carbonyl (C=O) groups is 1. The number of hydrogen-bond donors (Lipinski definition) is 1. The zero-order chi connectivity index (χ0) is 15.6. The van der Waals surface area contributed by atoms with Gasteiger partial charge in [-0.3, -0.25) is 14.9 Å². The van der Waals surface area contributed by atoms with Crippen molar-refractivity contribution in [1.29, 1.82) is 0 Å². The van der Waals surface area contributed by atoms with Gasteiger partial charge in [0.25, 0.3) is 14.7 Å². The maximum atomic E-state index is 11.9. The Hall–Kier alpha value is -1.71. The molecule has 21 heavy (non-hydrogen) atoms. The van der Waals surface area contributed by atoms with Crippen LogP contribution < -0.4 is 5.32 Å². The molecule has 1 atom stereocenters. The number of rotatable bonds is 4. The third-order valence-corrected chi connectivity index (χ3v) is 4.36. The number of benzene rings is 1. The van der Waals surface area contributed by atoms with E-state index in [-0.39, 0.29) is 18.2 Å². The maximum Gasteiger partial charge on any atom is 0.294 e. The number of hydrogen-bond acceptors (Lipinski definition) is 6. The number of halogens is 1. The fourth-order valence-corrected chi connectivity index (χ4v) is 2.67. The molecule has 1 aliphatic rings. The second-order valence-electron chi connectivity index (χ2n) is 4.42. The lowest BCUT2D eigenvalue weighted by Crippen LogP contribution is -2.23. The first-order chi connectivity index (χ1) is 9.79. The summed E-state index contributed by atoms with van der Waals surface area (Å²) in [6, 6.07) is 3.04. The molecule has 8 nitrogen and oxygen atoms in total. The molecular formula is C11H11ClN2O6S. The molecule has 0 saturated carbocycles. The Morgan fingerprint density at radius 1 is 1.48 bits per heavy atom. The van der Waals surface area contributed by atoms with Gasteiger partial charge in [-0.25, -0.2) is 8.42 Å². The van der Waals surface area contributed by atoms with Gasteiger partial charge in [0, 0.05) is 23.4 Å². The Labute approximate surface area is 124 Å². The van der Waals surface area contributed by atoms with E-state index in [1.165, 1.54) is 0 Å². The van der Waals surface area contributed by atoms with Gasteiger partial charge in [-0.2, -0.15) is 0 Å². The molecule has 0 spiro atoms. The number of nitrogens with one attached hydrogen (secondary N) is 1. The Kier molecular flexibility index (Phi) is 4.45. The molecule has 1 fully saturated rings. The van der Waals surface area contributed by atoms with E-state index in [2.05, 4.69) is 5.32 Å². The Morgan fingerprint density at radius 3 is 2.71 bits per heavy atom. The number of carbonyl (C=O) groups excluding carboxylic acids is 1. The highest BCUT2D eigenvalue weighted by Crippen LogP contribution is 2.29.